The summed E-state index contributed by atoms with van der Waals surface area (Å²) in [4.78, 5) is 28.6. The third-order valence-electron chi connectivity index (χ3n) is 6.39. The molecular formula is C31H39N3O5S. The number of sulfonamides is 1. The predicted octanol–water partition coefficient (Wildman–Crippen LogP) is 4.84. The Morgan fingerprint density at radius 3 is 1.90 bits per heavy atom. The van der Waals surface area contributed by atoms with E-state index in [4.69, 9.17) is 4.74 Å². The molecule has 2 amide bonds. The minimum Gasteiger partial charge on any atom is -0.497 e. The van der Waals surface area contributed by atoms with Gasteiger partial charge in [-0.1, -0.05) is 47.5 Å². The Morgan fingerprint density at radius 1 is 0.875 bits per heavy atom. The number of hydrogen-bond donors (Lipinski definition) is 1. The fourth-order valence-corrected chi connectivity index (χ4v) is 5.48. The van der Waals surface area contributed by atoms with E-state index in [9.17, 15) is 18.0 Å². The van der Waals surface area contributed by atoms with Crippen LogP contribution in [0, 0.1) is 13.8 Å². The minimum absolute atomic E-state index is 0.0188. The van der Waals surface area contributed by atoms with Crippen LogP contribution >= 0.6 is 0 Å². The maximum Gasteiger partial charge on any atom is 0.264 e. The normalized spacial score (nSPS) is 12.4. The van der Waals surface area contributed by atoms with Gasteiger partial charge in [0.1, 0.15) is 18.3 Å². The molecule has 0 saturated heterocycles. The molecule has 3 aromatic rings. The van der Waals surface area contributed by atoms with Crippen LogP contribution in [-0.2, 0) is 26.2 Å². The average molecular weight is 566 g/mol. The molecule has 8 nitrogen and oxygen atoms in total. The summed E-state index contributed by atoms with van der Waals surface area (Å²) in [7, 11) is -2.64. The van der Waals surface area contributed by atoms with Crippen molar-refractivity contribution in [2.24, 2.45) is 0 Å². The van der Waals surface area contributed by atoms with Crippen molar-refractivity contribution in [3.05, 3.63) is 89.5 Å². The summed E-state index contributed by atoms with van der Waals surface area (Å²) >= 11 is 0. The van der Waals surface area contributed by atoms with E-state index in [1.807, 2.05) is 58.9 Å². The number of benzene rings is 3. The van der Waals surface area contributed by atoms with Crippen LogP contribution in [0.1, 0.15) is 44.4 Å². The zero-order chi connectivity index (χ0) is 29.7. The van der Waals surface area contributed by atoms with E-state index in [1.54, 1.807) is 43.3 Å². The molecule has 3 aromatic carbocycles. The van der Waals surface area contributed by atoms with Gasteiger partial charge >= 0.3 is 0 Å². The molecule has 0 aliphatic rings. The maximum atomic E-state index is 14.0. The number of methoxy groups -OCH3 is 1. The third kappa shape index (κ3) is 7.85. The number of ether oxygens (including phenoxy) is 1. The lowest BCUT2D eigenvalue weighted by molar-refractivity contribution is -0.140. The highest BCUT2D eigenvalue weighted by Gasteiger charge is 2.33. The molecule has 0 heterocycles. The van der Waals surface area contributed by atoms with Gasteiger partial charge in [-0.2, -0.15) is 0 Å². The molecule has 3 rings (SSSR count). The van der Waals surface area contributed by atoms with Crippen molar-refractivity contribution in [2.45, 2.75) is 64.6 Å². The highest BCUT2D eigenvalue weighted by molar-refractivity contribution is 7.92. The molecule has 0 bridgehead atoms. The Hall–Kier alpha value is -3.85. The summed E-state index contributed by atoms with van der Waals surface area (Å²) in [5.41, 5.74) is 2.68. The fraction of sp³-hybridized carbons (Fsp3) is 0.355. The lowest BCUT2D eigenvalue weighted by Gasteiger charge is -2.33. The van der Waals surface area contributed by atoms with E-state index in [2.05, 4.69) is 5.32 Å². The zero-order valence-corrected chi connectivity index (χ0v) is 25.1. The largest absolute Gasteiger partial charge is 0.497 e. The number of carbonyl (C=O) groups excluding carboxylic acids is 2. The molecule has 0 radical (unpaired) electrons. The van der Waals surface area contributed by atoms with Gasteiger partial charge in [0.2, 0.25) is 11.8 Å². The molecule has 0 aromatic heterocycles. The van der Waals surface area contributed by atoms with Crippen molar-refractivity contribution in [1.29, 1.82) is 0 Å². The van der Waals surface area contributed by atoms with Gasteiger partial charge in [0.25, 0.3) is 10.0 Å². The van der Waals surface area contributed by atoms with Crippen LogP contribution in [0.15, 0.2) is 77.7 Å². The van der Waals surface area contributed by atoms with Gasteiger partial charge in [-0.15, -0.1) is 0 Å². The summed E-state index contributed by atoms with van der Waals surface area (Å²) in [5, 5.41) is 2.93. The van der Waals surface area contributed by atoms with Gasteiger partial charge in [0.15, 0.2) is 0 Å². The summed E-state index contributed by atoms with van der Waals surface area (Å²) in [6.45, 7) is 10.8. The molecule has 1 atom stereocenters. The third-order valence-corrected chi connectivity index (χ3v) is 8.18. The van der Waals surface area contributed by atoms with Crippen molar-refractivity contribution in [3.8, 4) is 5.75 Å². The van der Waals surface area contributed by atoms with Crippen LogP contribution < -0.4 is 14.4 Å². The van der Waals surface area contributed by atoms with E-state index < -0.39 is 34.1 Å². The van der Waals surface area contributed by atoms with Crippen LogP contribution in [0.3, 0.4) is 0 Å². The average Bonchev–Trinajstić information content (AvgIpc) is 2.90. The van der Waals surface area contributed by atoms with Gasteiger partial charge in [0, 0.05) is 12.1 Å². The topological polar surface area (TPSA) is 96.0 Å². The summed E-state index contributed by atoms with van der Waals surface area (Å²) in [5.74, 6) is -0.317. The van der Waals surface area contributed by atoms with E-state index in [0.29, 0.717) is 11.4 Å². The van der Waals surface area contributed by atoms with Crippen molar-refractivity contribution in [1.82, 2.24) is 10.2 Å². The van der Waals surface area contributed by atoms with Crippen LogP contribution in [0.4, 0.5) is 5.69 Å². The molecule has 0 saturated carbocycles. The molecule has 0 unspecified atom stereocenters. The maximum absolute atomic E-state index is 14.0. The quantitative estimate of drug-likeness (QED) is 0.380. The lowest BCUT2D eigenvalue weighted by Crippen LogP contribution is -2.54. The van der Waals surface area contributed by atoms with Crippen molar-refractivity contribution in [2.75, 3.05) is 18.0 Å². The van der Waals surface area contributed by atoms with E-state index in [-0.39, 0.29) is 17.3 Å². The lowest BCUT2D eigenvalue weighted by atomic mass is 10.1. The second-order valence-corrected chi connectivity index (χ2v) is 12.8. The van der Waals surface area contributed by atoms with Crippen molar-refractivity contribution in [3.63, 3.8) is 0 Å². The van der Waals surface area contributed by atoms with Gasteiger partial charge in [0.05, 0.1) is 17.7 Å². The number of amides is 2. The number of anilines is 1. The zero-order valence-electron chi connectivity index (χ0n) is 24.3. The number of hydrogen-bond acceptors (Lipinski definition) is 5. The number of rotatable bonds is 10. The molecular weight excluding hydrogens is 526 g/mol. The molecule has 9 heteroatoms. The number of carbonyl (C=O) groups is 2. The van der Waals surface area contributed by atoms with Crippen LogP contribution in [0.25, 0.3) is 0 Å². The van der Waals surface area contributed by atoms with Crippen LogP contribution in [0.2, 0.25) is 0 Å². The first kappa shape index (κ1) is 30.7. The Bertz CT molecular complexity index is 1410. The summed E-state index contributed by atoms with van der Waals surface area (Å²) in [6.07, 6.45) is 0. The number of nitrogens with one attached hydrogen (secondary N) is 1. The summed E-state index contributed by atoms with van der Waals surface area (Å²) in [6, 6.07) is 19.8. The Morgan fingerprint density at radius 2 is 1.40 bits per heavy atom. The van der Waals surface area contributed by atoms with E-state index in [0.717, 1.165) is 21.0 Å². The predicted molar refractivity (Wildman–Crippen MR) is 158 cm³/mol. The van der Waals surface area contributed by atoms with E-state index in [1.165, 1.54) is 24.1 Å². The number of aryl methyl sites for hydroxylation is 2. The van der Waals surface area contributed by atoms with Crippen molar-refractivity contribution >= 4 is 27.5 Å². The first-order valence-electron chi connectivity index (χ1n) is 13.1. The van der Waals surface area contributed by atoms with Gasteiger partial charge < -0.3 is 15.0 Å². The first-order valence-corrected chi connectivity index (χ1v) is 14.6. The Kier molecular flexibility index (Phi) is 9.63. The molecule has 214 valence electrons. The Balaban J connectivity index is 2.03. The number of nitrogens with zero attached hydrogens (tertiary/aromatic N) is 2. The standard InChI is InChI=1S/C31H39N3O5S/c1-22-8-12-25(13-9-22)20-33(24(3)30(36)32-31(4,5)6)29(35)21-34(26-14-10-23(2)11-15-26)40(37,38)28-18-16-27(39-7)17-19-28/h8-19,24H,20-21H2,1-7H3,(H,32,36)/t24-/m1/s1. The van der Waals surface area contributed by atoms with Crippen LogP contribution in [0.5, 0.6) is 5.75 Å². The molecule has 0 aliphatic heterocycles. The van der Waals surface area contributed by atoms with E-state index >= 15 is 0 Å². The monoisotopic (exact) mass is 565 g/mol. The second kappa shape index (κ2) is 12.6. The van der Waals surface area contributed by atoms with Gasteiger partial charge in [-0.25, -0.2) is 8.42 Å². The SMILES string of the molecule is COc1ccc(S(=O)(=O)N(CC(=O)N(Cc2ccc(C)cc2)[C@H](C)C(=O)NC(C)(C)C)c2ccc(C)cc2)cc1. The van der Waals surface area contributed by atoms with Gasteiger partial charge in [-0.3, -0.25) is 13.9 Å². The van der Waals surface area contributed by atoms with Crippen molar-refractivity contribution < 1.29 is 22.7 Å². The van der Waals surface area contributed by atoms with Gasteiger partial charge in [-0.05, 0) is 83.5 Å². The fourth-order valence-electron chi connectivity index (χ4n) is 4.06. The molecule has 0 fully saturated rings. The minimum atomic E-state index is -4.14. The first-order chi connectivity index (χ1) is 18.7. The molecule has 0 aliphatic carbocycles. The van der Waals surface area contributed by atoms with Crippen LogP contribution in [-0.4, -0.2) is 50.4 Å². The Labute approximate surface area is 238 Å². The molecule has 40 heavy (non-hydrogen) atoms. The summed E-state index contributed by atoms with van der Waals surface area (Å²) < 4.78 is 34.1. The highest BCUT2D eigenvalue weighted by Crippen LogP contribution is 2.26. The smallest absolute Gasteiger partial charge is 0.264 e. The second-order valence-electron chi connectivity index (χ2n) is 10.9. The molecule has 0 spiro atoms. The highest BCUT2D eigenvalue weighted by atomic mass is 32.2. The molecule has 1 N–H and O–H groups in total.